The molecule has 12 heteroatoms. The second-order valence-electron chi connectivity index (χ2n) is 14.9. The third-order valence-corrected chi connectivity index (χ3v) is 11.8. The van der Waals surface area contributed by atoms with Gasteiger partial charge < -0.3 is 14.5 Å². The van der Waals surface area contributed by atoms with Gasteiger partial charge in [0.05, 0.1) is 22.9 Å². The number of alkyl halides is 3. The Kier molecular flexibility index (Phi) is 19.6. The molecule has 1 aliphatic carbocycles. The average Bonchev–Trinajstić information content (AvgIpc) is 3.82. The van der Waals surface area contributed by atoms with Gasteiger partial charge in [-0.1, -0.05) is 60.6 Å². The lowest BCUT2D eigenvalue weighted by atomic mass is 9.84. The summed E-state index contributed by atoms with van der Waals surface area (Å²) in [6.45, 7) is 20.7. The molecular formula is C45H61F5N4O2S. The average molecular weight is 817 g/mol. The van der Waals surface area contributed by atoms with E-state index in [1.165, 1.54) is 46.0 Å². The van der Waals surface area contributed by atoms with Crippen molar-refractivity contribution in [3.8, 4) is 6.07 Å². The Morgan fingerprint density at radius 3 is 2.16 bits per heavy atom. The molecule has 0 amide bonds. The van der Waals surface area contributed by atoms with Crippen LogP contribution >= 0.6 is 11.3 Å². The first-order valence-electron chi connectivity index (χ1n) is 19.8. The maximum absolute atomic E-state index is 17.1. The molecule has 0 N–H and O–H groups in total. The van der Waals surface area contributed by atoms with Crippen LogP contribution in [0.4, 0.5) is 22.0 Å². The molecule has 1 saturated heterocycles. The lowest BCUT2D eigenvalue weighted by Crippen LogP contribution is -2.32. The Bertz CT molecular complexity index is 1910. The van der Waals surface area contributed by atoms with E-state index in [-0.39, 0.29) is 56.1 Å². The van der Waals surface area contributed by atoms with Crippen LogP contribution < -0.4 is 0 Å². The number of hydrogen-bond donors (Lipinski definition) is 0. The number of halogens is 5. The van der Waals surface area contributed by atoms with E-state index in [1.807, 2.05) is 39.6 Å². The van der Waals surface area contributed by atoms with Gasteiger partial charge in [0.1, 0.15) is 17.6 Å². The van der Waals surface area contributed by atoms with Crippen LogP contribution in [0, 0.1) is 23.1 Å². The number of ketones is 1. The van der Waals surface area contributed by atoms with E-state index < -0.39 is 29.0 Å². The molecule has 314 valence electrons. The molecule has 57 heavy (non-hydrogen) atoms. The topological polar surface area (TPSA) is 68.9 Å². The summed E-state index contributed by atoms with van der Waals surface area (Å²) in [6, 6.07) is 4.20. The van der Waals surface area contributed by atoms with E-state index in [0.29, 0.717) is 22.9 Å². The van der Waals surface area contributed by atoms with Crippen molar-refractivity contribution >= 4 is 38.5 Å². The van der Waals surface area contributed by atoms with Gasteiger partial charge in [-0.3, -0.25) is 4.79 Å². The molecule has 2 aromatic rings. The normalized spacial score (nSPS) is 17.6. The first-order chi connectivity index (χ1) is 26.8. The van der Waals surface area contributed by atoms with Crippen molar-refractivity contribution in [2.24, 2.45) is 10.9 Å². The second kappa shape index (κ2) is 22.8. The third kappa shape index (κ3) is 13.0. The molecule has 1 aliphatic heterocycles. The fourth-order valence-electron chi connectivity index (χ4n) is 6.58. The molecule has 1 aromatic heterocycles. The number of fused-ring (bicyclic) bond motifs is 1. The van der Waals surface area contributed by atoms with Gasteiger partial charge in [-0.25, -0.2) is 13.8 Å². The standard InChI is InChI=1S/C36H44F5N3OS.C5H11N.C4H6O/c1-10-13-29(45-9)43-33-25(22(7)44(8)23(12-3)15-14-21(6)11-2)18-27(36(39,40)41)31(32(33)38)24-16-17-28(37)35-30(24)26(19-42)34(46-35)20(4)5;1-6-4-2-3-5-6;1-3-4(2)5/h13,16-18,20-21,23H,10-12,14-15H2,1-9H3;2-5H2,1H3;3H,1H2,2H3/b25-22+,29-13-,43-33+;;. The summed E-state index contributed by atoms with van der Waals surface area (Å²) in [7, 11) is 5.34. The minimum absolute atomic E-state index is 0.00201. The van der Waals surface area contributed by atoms with Gasteiger partial charge >= 0.3 is 6.18 Å². The Hall–Kier alpha value is -4.08. The third-order valence-electron chi connectivity index (χ3n) is 10.3. The molecule has 0 radical (unpaired) electrons. The van der Waals surface area contributed by atoms with E-state index in [2.05, 4.69) is 43.4 Å². The van der Waals surface area contributed by atoms with Crippen molar-refractivity contribution in [3.05, 3.63) is 87.3 Å². The van der Waals surface area contributed by atoms with Crippen molar-refractivity contribution in [2.75, 3.05) is 34.3 Å². The monoisotopic (exact) mass is 816 g/mol. The molecule has 6 nitrogen and oxygen atoms in total. The summed E-state index contributed by atoms with van der Waals surface area (Å²) < 4.78 is 82.7. The Morgan fingerprint density at radius 2 is 1.72 bits per heavy atom. The number of carbonyl (C=O) groups is 1. The van der Waals surface area contributed by atoms with Crippen LogP contribution in [-0.2, 0) is 9.53 Å². The first-order valence-corrected chi connectivity index (χ1v) is 20.6. The predicted molar refractivity (Wildman–Crippen MR) is 226 cm³/mol. The fourth-order valence-corrected chi connectivity index (χ4v) is 7.76. The molecule has 0 spiro atoms. The molecule has 1 fully saturated rings. The van der Waals surface area contributed by atoms with Gasteiger partial charge in [0.15, 0.2) is 11.6 Å². The molecule has 0 saturated carbocycles. The number of nitrogens with zero attached hydrogens (tertiary/aromatic N) is 4. The molecule has 4 rings (SSSR count). The zero-order valence-electron chi connectivity index (χ0n) is 35.6. The van der Waals surface area contributed by atoms with E-state index in [1.54, 1.807) is 13.0 Å². The van der Waals surface area contributed by atoms with E-state index >= 15 is 22.0 Å². The number of hydrogen-bond acceptors (Lipinski definition) is 7. The molecule has 1 aromatic carbocycles. The highest BCUT2D eigenvalue weighted by Gasteiger charge is 2.43. The molecule has 2 unspecified atom stereocenters. The Balaban J connectivity index is 0.000000881. The van der Waals surface area contributed by atoms with Crippen molar-refractivity contribution < 1.29 is 31.5 Å². The quantitative estimate of drug-likeness (QED) is 0.114. The van der Waals surface area contributed by atoms with Crippen LogP contribution in [0.25, 0.3) is 15.7 Å². The second-order valence-corrected chi connectivity index (χ2v) is 15.9. The lowest BCUT2D eigenvalue weighted by molar-refractivity contribution is -0.112. The van der Waals surface area contributed by atoms with E-state index in [0.717, 1.165) is 55.2 Å². The fraction of sp³-hybridized carbons (Fsp3) is 0.533. The van der Waals surface area contributed by atoms with Crippen LogP contribution in [0.3, 0.4) is 0 Å². The van der Waals surface area contributed by atoms with Gasteiger partial charge in [-0.15, -0.1) is 11.3 Å². The van der Waals surface area contributed by atoms with Gasteiger partial charge in [0.25, 0.3) is 0 Å². The van der Waals surface area contributed by atoms with Crippen LogP contribution in [0.5, 0.6) is 0 Å². The minimum atomic E-state index is -4.99. The summed E-state index contributed by atoms with van der Waals surface area (Å²) in [5, 5.41) is 10.1. The summed E-state index contributed by atoms with van der Waals surface area (Å²) in [6.07, 6.45) is 5.66. The number of ether oxygens (including phenoxy) is 1. The summed E-state index contributed by atoms with van der Waals surface area (Å²) in [4.78, 5) is 18.9. The predicted octanol–water partition coefficient (Wildman–Crippen LogP) is 12.8. The number of allylic oxidation sites excluding steroid dienone is 8. The number of rotatable bonds is 13. The van der Waals surface area contributed by atoms with Crippen molar-refractivity contribution in [1.82, 2.24) is 9.80 Å². The first kappa shape index (κ1) is 49.1. The van der Waals surface area contributed by atoms with Crippen molar-refractivity contribution in [1.29, 1.82) is 5.26 Å². The van der Waals surface area contributed by atoms with Crippen LogP contribution in [0.15, 0.2) is 70.5 Å². The number of methoxy groups -OCH3 is 1. The molecular weight excluding hydrogens is 756 g/mol. The van der Waals surface area contributed by atoms with Gasteiger partial charge in [0.2, 0.25) is 5.88 Å². The lowest BCUT2D eigenvalue weighted by Gasteiger charge is -2.33. The number of aliphatic imine (C=N–C) groups is 1. The maximum Gasteiger partial charge on any atom is 0.417 e. The zero-order valence-corrected chi connectivity index (χ0v) is 36.4. The number of carbonyl (C=O) groups excluding carboxylic acids is 1. The smallest absolute Gasteiger partial charge is 0.417 e. The summed E-state index contributed by atoms with van der Waals surface area (Å²) in [5.41, 5.74) is -2.10. The maximum atomic E-state index is 17.1. The molecule has 2 atom stereocenters. The highest BCUT2D eigenvalue weighted by Crippen LogP contribution is 2.49. The molecule has 2 heterocycles. The highest BCUT2D eigenvalue weighted by molar-refractivity contribution is 7.19. The summed E-state index contributed by atoms with van der Waals surface area (Å²) >= 11 is 0.998. The van der Waals surface area contributed by atoms with Crippen molar-refractivity contribution in [3.63, 3.8) is 0 Å². The van der Waals surface area contributed by atoms with Crippen LogP contribution in [-0.4, -0.2) is 67.8 Å². The van der Waals surface area contributed by atoms with E-state index in [4.69, 9.17) is 4.74 Å². The number of benzene rings is 1. The van der Waals surface area contributed by atoms with Crippen LogP contribution in [0.2, 0.25) is 0 Å². The van der Waals surface area contributed by atoms with Crippen molar-refractivity contribution in [2.45, 2.75) is 118 Å². The Morgan fingerprint density at radius 1 is 1.11 bits per heavy atom. The Labute approximate surface area is 341 Å². The van der Waals surface area contributed by atoms with Gasteiger partial charge in [-0.2, -0.15) is 18.4 Å². The molecule has 0 bridgehead atoms. The highest BCUT2D eigenvalue weighted by atomic mass is 32.1. The van der Waals surface area contributed by atoms with E-state index in [9.17, 15) is 10.1 Å². The summed E-state index contributed by atoms with van der Waals surface area (Å²) in [5.74, 6) is -1.56. The molecule has 2 aliphatic rings. The minimum Gasteiger partial charge on any atom is -0.481 e. The van der Waals surface area contributed by atoms with Gasteiger partial charge in [0, 0.05) is 40.2 Å². The number of thiophene rings is 1. The number of nitriles is 1. The van der Waals surface area contributed by atoms with Gasteiger partial charge in [-0.05, 0) is 114 Å². The van der Waals surface area contributed by atoms with Crippen LogP contribution in [0.1, 0.15) is 122 Å². The zero-order chi connectivity index (χ0) is 43.2. The largest absolute Gasteiger partial charge is 0.481 e. The SMILES string of the molecule is C=CC(C)=O.CC/C=C(/N=C1/C(F)=C(c2ccc(F)c3sc(C(C)C)c(C#N)c23)C(C(F)(F)F)=C/C1=C(/C)N(C)C(CC)CCC(C)CC)OC.CN1CCCC1. The number of likely N-dealkylation sites (tertiary alicyclic amines) is 1.